The zero-order valence-corrected chi connectivity index (χ0v) is 6.59. The maximum Gasteiger partial charge on any atom is 0.163 e. The molecule has 1 heterocycles. The van der Waals surface area contributed by atoms with Crippen LogP contribution in [0.15, 0.2) is 0 Å². The van der Waals surface area contributed by atoms with Crippen molar-refractivity contribution in [2.75, 3.05) is 6.61 Å². The van der Waals surface area contributed by atoms with Crippen molar-refractivity contribution in [2.45, 2.75) is 38.6 Å². The minimum Gasteiger partial charge on any atom is -0.350 e. The lowest BCUT2D eigenvalue weighted by Crippen LogP contribution is -2.39. The van der Waals surface area contributed by atoms with E-state index in [1.165, 1.54) is 0 Å². The molecule has 0 N–H and O–H groups in total. The van der Waals surface area contributed by atoms with Gasteiger partial charge in [-0.05, 0) is 33.6 Å². The Morgan fingerprint density at radius 3 is 2.70 bits per heavy atom. The fourth-order valence-corrected chi connectivity index (χ4v) is 1.10. The zero-order valence-electron chi connectivity index (χ0n) is 6.59. The first-order valence-electron chi connectivity index (χ1n) is 3.66. The van der Waals surface area contributed by atoms with Crippen LogP contribution in [0, 0.1) is 6.92 Å². The normalized spacial score (nSPS) is 32.1. The van der Waals surface area contributed by atoms with Crippen LogP contribution in [0.1, 0.15) is 26.7 Å². The minimum absolute atomic E-state index is 0.184. The largest absolute Gasteiger partial charge is 0.350 e. The molecule has 1 saturated heterocycles. The Bertz CT molecular complexity index is 110. The lowest BCUT2D eigenvalue weighted by molar-refractivity contribution is -0.272. The first-order valence-corrected chi connectivity index (χ1v) is 3.66. The molecular formula is C8H14O2. The Balaban J connectivity index is 2.40. The summed E-state index contributed by atoms with van der Waals surface area (Å²) in [5, 5.41) is 0. The molecule has 0 aliphatic carbocycles. The lowest BCUT2D eigenvalue weighted by atomic mass is 10.2. The van der Waals surface area contributed by atoms with E-state index in [4.69, 9.17) is 16.4 Å². The predicted molar refractivity (Wildman–Crippen MR) is 38.4 cm³/mol. The Kier molecular flexibility index (Phi) is 2.32. The van der Waals surface area contributed by atoms with Crippen LogP contribution in [0.2, 0.25) is 0 Å². The molecule has 2 radical (unpaired) electrons. The minimum atomic E-state index is -0.428. The highest BCUT2D eigenvalue weighted by atomic mass is 16.7. The highest BCUT2D eigenvalue weighted by molar-refractivity contribution is 4.69. The summed E-state index contributed by atoms with van der Waals surface area (Å²) in [5.41, 5.74) is 0. The summed E-state index contributed by atoms with van der Waals surface area (Å²) < 4.78 is 10.8. The van der Waals surface area contributed by atoms with Crippen LogP contribution in [0.5, 0.6) is 0 Å². The molecule has 0 spiro atoms. The van der Waals surface area contributed by atoms with Gasteiger partial charge in [0, 0.05) is 0 Å². The average molecular weight is 142 g/mol. The monoisotopic (exact) mass is 142 g/mol. The third kappa shape index (κ3) is 1.96. The van der Waals surface area contributed by atoms with Gasteiger partial charge in [-0.2, -0.15) is 0 Å². The molecule has 0 bridgehead atoms. The molecule has 0 saturated carbocycles. The van der Waals surface area contributed by atoms with Gasteiger partial charge in [0.15, 0.2) is 5.79 Å². The van der Waals surface area contributed by atoms with Crippen molar-refractivity contribution < 1.29 is 9.47 Å². The summed E-state index contributed by atoms with van der Waals surface area (Å²) in [7, 11) is 0. The van der Waals surface area contributed by atoms with Crippen molar-refractivity contribution >= 4 is 0 Å². The summed E-state index contributed by atoms with van der Waals surface area (Å²) >= 11 is 0. The van der Waals surface area contributed by atoms with E-state index in [-0.39, 0.29) is 6.10 Å². The van der Waals surface area contributed by atoms with Crippen molar-refractivity contribution in [1.29, 1.82) is 0 Å². The molecule has 1 rings (SSSR count). The fraction of sp³-hybridized carbons (Fsp3) is 0.875. The molecule has 1 aliphatic rings. The van der Waals surface area contributed by atoms with E-state index in [2.05, 4.69) is 0 Å². The van der Waals surface area contributed by atoms with Gasteiger partial charge < -0.3 is 9.47 Å². The molecule has 1 atom stereocenters. The molecule has 1 aliphatic heterocycles. The summed E-state index contributed by atoms with van der Waals surface area (Å²) in [6.45, 7) is 10.0. The van der Waals surface area contributed by atoms with Crippen LogP contribution >= 0.6 is 0 Å². The summed E-state index contributed by atoms with van der Waals surface area (Å²) in [4.78, 5) is 0. The Morgan fingerprint density at radius 2 is 2.30 bits per heavy atom. The van der Waals surface area contributed by atoms with E-state index in [0.29, 0.717) is 6.42 Å². The van der Waals surface area contributed by atoms with Gasteiger partial charge in [-0.1, -0.05) is 0 Å². The maximum atomic E-state index is 5.48. The predicted octanol–water partition coefficient (Wildman–Crippen LogP) is 1.63. The van der Waals surface area contributed by atoms with Crippen LogP contribution in [0.25, 0.3) is 0 Å². The highest BCUT2D eigenvalue weighted by Crippen LogP contribution is 2.22. The van der Waals surface area contributed by atoms with Crippen LogP contribution in [-0.2, 0) is 9.47 Å². The van der Waals surface area contributed by atoms with Gasteiger partial charge in [0.25, 0.3) is 0 Å². The van der Waals surface area contributed by atoms with E-state index in [1.807, 2.05) is 13.8 Å². The second-order valence-corrected chi connectivity index (χ2v) is 3.01. The molecule has 1 unspecified atom stereocenters. The van der Waals surface area contributed by atoms with Crippen molar-refractivity contribution in [3.8, 4) is 0 Å². The van der Waals surface area contributed by atoms with Gasteiger partial charge in [0.05, 0.1) is 12.7 Å². The van der Waals surface area contributed by atoms with Gasteiger partial charge >= 0.3 is 0 Å². The Labute approximate surface area is 62.5 Å². The second-order valence-electron chi connectivity index (χ2n) is 3.01. The highest BCUT2D eigenvalue weighted by Gasteiger charge is 2.27. The maximum absolute atomic E-state index is 5.48. The molecule has 2 nitrogen and oxygen atoms in total. The summed E-state index contributed by atoms with van der Waals surface area (Å²) in [5.74, 6) is -0.428. The fourth-order valence-electron chi connectivity index (χ4n) is 1.10. The van der Waals surface area contributed by atoms with Gasteiger partial charge in [-0.3, -0.25) is 0 Å². The summed E-state index contributed by atoms with van der Waals surface area (Å²) in [6, 6.07) is 0. The topological polar surface area (TPSA) is 18.5 Å². The Morgan fingerprint density at radius 1 is 1.60 bits per heavy atom. The molecule has 0 aromatic rings. The number of hydrogen-bond acceptors (Lipinski definition) is 2. The van der Waals surface area contributed by atoms with Crippen LogP contribution in [0.3, 0.4) is 0 Å². The molecule has 58 valence electrons. The molecule has 0 amide bonds. The second kappa shape index (κ2) is 2.89. The quantitative estimate of drug-likeness (QED) is 0.554. The molecule has 0 aromatic heterocycles. The summed E-state index contributed by atoms with van der Waals surface area (Å²) in [6.07, 6.45) is 1.69. The number of ether oxygens (including phenoxy) is 2. The van der Waals surface area contributed by atoms with E-state index in [0.717, 1.165) is 13.0 Å². The van der Waals surface area contributed by atoms with E-state index in [1.54, 1.807) is 0 Å². The lowest BCUT2D eigenvalue weighted by Gasteiger charge is -2.35. The molecule has 1 fully saturated rings. The third-order valence-corrected chi connectivity index (χ3v) is 1.60. The number of rotatable bonds is 1. The van der Waals surface area contributed by atoms with Crippen LogP contribution in [0.4, 0.5) is 0 Å². The van der Waals surface area contributed by atoms with Crippen molar-refractivity contribution in [1.82, 2.24) is 0 Å². The first kappa shape index (κ1) is 8.02. The van der Waals surface area contributed by atoms with Gasteiger partial charge in [-0.15, -0.1) is 0 Å². The molecule has 2 heteroatoms. The van der Waals surface area contributed by atoms with Crippen molar-refractivity contribution in [3.05, 3.63) is 6.92 Å². The van der Waals surface area contributed by atoms with Gasteiger partial charge in [-0.25, -0.2) is 0 Å². The zero-order chi connectivity index (χ0) is 7.61. The molecular weight excluding hydrogens is 128 g/mol. The van der Waals surface area contributed by atoms with Crippen molar-refractivity contribution in [3.63, 3.8) is 0 Å². The van der Waals surface area contributed by atoms with Gasteiger partial charge in [0.1, 0.15) is 0 Å². The third-order valence-electron chi connectivity index (χ3n) is 1.60. The van der Waals surface area contributed by atoms with Crippen molar-refractivity contribution in [2.24, 2.45) is 0 Å². The molecule has 0 aromatic carbocycles. The van der Waals surface area contributed by atoms with E-state index >= 15 is 0 Å². The van der Waals surface area contributed by atoms with Crippen LogP contribution < -0.4 is 0 Å². The smallest absolute Gasteiger partial charge is 0.163 e. The van der Waals surface area contributed by atoms with Gasteiger partial charge in [0.2, 0.25) is 0 Å². The standard InChI is InChI=1S/C8H14O2/c1-4-7-5-6-9-8(2,3)10-7/h1,7H,4-6H2,2-3H3. The van der Waals surface area contributed by atoms with Crippen LogP contribution in [-0.4, -0.2) is 18.5 Å². The Hall–Kier alpha value is -0.0800. The SMILES string of the molecule is [CH]CC1CCOC(C)(C)O1. The van der Waals surface area contributed by atoms with E-state index in [9.17, 15) is 0 Å². The molecule has 10 heavy (non-hydrogen) atoms. The average Bonchev–Trinajstić information content (AvgIpc) is 1.86. The first-order chi connectivity index (χ1) is 4.64. The van der Waals surface area contributed by atoms with E-state index < -0.39 is 5.79 Å². The number of hydrogen-bond donors (Lipinski definition) is 0.